The van der Waals surface area contributed by atoms with Crippen LogP contribution in [0.4, 0.5) is 23.3 Å². The molecular weight excluding hydrogens is 264 g/mol. The van der Waals surface area contributed by atoms with Gasteiger partial charge >= 0.3 is 10.4 Å². The topological polar surface area (TPSA) is 162 Å². The second-order valence-corrected chi connectivity index (χ2v) is 3.75. The van der Waals surface area contributed by atoms with Crippen LogP contribution in [0.25, 0.3) is 0 Å². The minimum atomic E-state index is -4.67. The fraction of sp³-hybridized carbons (Fsp3) is 0.429. The molecule has 11 heteroatoms. The SMILES string of the molecule is CNc1nc(NC)c(N)c(NC)n1.O=S(=O)(O)O. The van der Waals surface area contributed by atoms with Crippen LogP contribution >= 0.6 is 0 Å². The summed E-state index contributed by atoms with van der Waals surface area (Å²) >= 11 is 0. The minimum absolute atomic E-state index is 0.518. The third-order valence-electron chi connectivity index (χ3n) is 1.64. The molecule has 1 rings (SSSR count). The Morgan fingerprint density at radius 3 is 1.56 bits per heavy atom. The van der Waals surface area contributed by atoms with Crippen LogP contribution in [-0.2, 0) is 10.4 Å². The van der Waals surface area contributed by atoms with Gasteiger partial charge in [-0.15, -0.1) is 0 Å². The van der Waals surface area contributed by atoms with Crippen LogP contribution in [0.1, 0.15) is 0 Å². The van der Waals surface area contributed by atoms with E-state index in [0.29, 0.717) is 23.3 Å². The van der Waals surface area contributed by atoms with Gasteiger partial charge < -0.3 is 21.7 Å². The third-order valence-corrected chi connectivity index (χ3v) is 1.64. The molecule has 0 aliphatic carbocycles. The molecule has 0 atom stereocenters. The first-order chi connectivity index (χ1) is 8.22. The van der Waals surface area contributed by atoms with Gasteiger partial charge in [-0.3, -0.25) is 9.11 Å². The summed E-state index contributed by atoms with van der Waals surface area (Å²) in [4.78, 5) is 8.24. The van der Waals surface area contributed by atoms with Crippen molar-refractivity contribution in [3.8, 4) is 0 Å². The number of anilines is 4. The molecule has 18 heavy (non-hydrogen) atoms. The van der Waals surface area contributed by atoms with E-state index in [1.54, 1.807) is 21.1 Å². The Balaban J connectivity index is 0.000000494. The fourth-order valence-electron chi connectivity index (χ4n) is 0.962. The molecule has 0 amide bonds. The summed E-state index contributed by atoms with van der Waals surface area (Å²) in [5, 5.41) is 8.62. The van der Waals surface area contributed by atoms with E-state index in [9.17, 15) is 0 Å². The molecule has 10 nitrogen and oxygen atoms in total. The van der Waals surface area contributed by atoms with Gasteiger partial charge in [0.2, 0.25) is 5.95 Å². The van der Waals surface area contributed by atoms with Gasteiger partial charge in [-0.25, -0.2) is 0 Å². The summed E-state index contributed by atoms with van der Waals surface area (Å²) in [6.07, 6.45) is 0. The maximum atomic E-state index is 8.74. The first-order valence-corrected chi connectivity index (χ1v) is 6.03. The Morgan fingerprint density at radius 1 is 1.00 bits per heavy atom. The third kappa shape index (κ3) is 6.03. The van der Waals surface area contributed by atoms with Crippen molar-refractivity contribution in [1.29, 1.82) is 0 Å². The van der Waals surface area contributed by atoms with Crippen LogP contribution < -0.4 is 21.7 Å². The number of nitrogens with zero attached hydrogens (tertiary/aromatic N) is 2. The molecule has 1 aromatic rings. The van der Waals surface area contributed by atoms with E-state index in [1.807, 2.05) is 0 Å². The van der Waals surface area contributed by atoms with Crippen LogP contribution in [0.15, 0.2) is 0 Å². The van der Waals surface area contributed by atoms with Crippen molar-refractivity contribution in [3.05, 3.63) is 0 Å². The lowest BCUT2D eigenvalue weighted by molar-refractivity contribution is 0.381. The average molecular weight is 280 g/mol. The molecule has 0 spiro atoms. The predicted octanol–water partition coefficient (Wildman–Crippen LogP) is -0.469. The number of hydrogen-bond donors (Lipinski definition) is 6. The van der Waals surface area contributed by atoms with Gasteiger partial charge in [0, 0.05) is 21.1 Å². The average Bonchev–Trinajstić information content (AvgIpc) is 2.27. The standard InChI is InChI=1S/C7H14N6.H2O4S/c1-9-5-4(8)6(10-2)13-7(11-3)12-5;1-5(2,3)4/h8H2,1-3H3,(H3,9,10,11,12,13);(H2,1,2,3,4). The number of nitrogens with one attached hydrogen (secondary N) is 3. The van der Waals surface area contributed by atoms with E-state index >= 15 is 0 Å². The van der Waals surface area contributed by atoms with Crippen LogP contribution in [0.3, 0.4) is 0 Å². The summed E-state index contributed by atoms with van der Waals surface area (Å²) in [6, 6.07) is 0. The molecule has 1 aromatic heterocycles. The molecule has 0 bridgehead atoms. The molecule has 1 heterocycles. The van der Waals surface area contributed by atoms with Gasteiger partial charge in [0.15, 0.2) is 11.6 Å². The summed E-state index contributed by atoms with van der Waals surface area (Å²) in [7, 11) is 0.611. The zero-order chi connectivity index (χ0) is 14.3. The van der Waals surface area contributed by atoms with Crippen molar-refractivity contribution >= 4 is 33.7 Å². The van der Waals surface area contributed by atoms with E-state index in [0.717, 1.165) is 0 Å². The van der Waals surface area contributed by atoms with Gasteiger partial charge in [-0.1, -0.05) is 0 Å². The lowest BCUT2D eigenvalue weighted by atomic mass is 10.4. The molecule has 0 fully saturated rings. The van der Waals surface area contributed by atoms with E-state index in [-0.39, 0.29) is 0 Å². The molecule has 0 saturated carbocycles. The first-order valence-electron chi connectivity index (χ1n) is 4.63. The summed E-state index contributed by atoms with van der Waals surface area (Å²) in [5.74, 6) is 1.76. The first kappa shape index (κ1) is 16.1. The highest BCUT2D eigenvalue weighted by Crippen LogP contribution is 2.24. The van der Waals surface area contributed by atoms with Crippen LogP contribution in [0.2, 0.25) is 0 Å². The van der Waals surface area contributed by atoms with Crippen molar-refractivity contribution in [2.75, 3.05) is 42.8 Å². The van der Waals surface area contributed by atoms with E-state index in [1.165, 1.54) is 0 Å². The summed E-state index contributed by atoms with van der Waals surface area (Å²) in [5.41, 5.74) is 6.27. The fourth-order valence-corrected chi connectivity index (χ4v) is 0.962. The Labute approximate surface area is 105 Å². The number of nitrogens with two attached hydrogens (primary N) is 1. The molecule has 0 aromatic carbocycles. The summed E-state index contributed by atoms with van der Waals surface area (Å²) < 4.78 is 31.6. The molecule has 7 N–H and O–H groups in total. The highest BCUT2D eigenvalue weighted by Gasteiger charge is 2.07. The largest absolute Gasteiger partial charge is 0.394 e. The highest BCUT2D eigenvalue weighted by molar-refractivity contribution is 7.79. The lowest BCUT2D eigenvalue weighted by Crippen LogP contribution is -2.08. The maximum absolute atomic E-state index is 8.74. The second kappa shape index (κ2) is 6.78. The monoisotopic (exact) mass is 280 g/mol. The predicted molar refractivity (Wildman–Crippen MR) is 69.3 cm³/mol. The smallest absolute Gasteiger partial charge is 0.393 e. The Bertz CT molecular complexity index is 458. The van der Waals surface area contributed by atoms with Crippen molar-refractivity contribution in [2.45, 2.75) is 0 Å². The van der Waals surface area contributed by atoms with Gasteiger partial charge in [-0.05, 0) is 0 Å². The molecule has 0 radical (unpaired) electrons. The van der Waals surface area contributed by atoms with Crippen molar-refractivity contribution in [1.82, 2.24) is 9.97 Å². The quantitative estimate of drug-likeness (QED) is 0.399. The van der Waals surface area contributed by atoms with E-state index in [4.69, 9.17) is 23.3 Å². The highest BCUT2D eigenvalue weighted by atomic mass is 32.3. The zero-order valence-corrected chi connectivity index (χ0v) is 10.9. The number of nitrogen functional groups attached to an aromatic ring is 1. The molecule has 104 valence electrons. The Morgan fingerprint density at radius 2 is 1.33 bits per heavy atom. The zero-order valence-electron chi connectivity index (χ0n) is 10.1. The second-order valence-electron chi connectivity index (χ2n) is 2.86. The summed E-state index contributed by atoms with van der Waals surface area (Å²) in [6.45, 7) is 0. The molecular formula is C7H16N6O4S. The lowest BCUT2D eigenvalue weighted by Gasteiger charge is -2.10. The molecule has 0 aliphatic rings. The number of hydrogen-bond acceptors (Lipinski definition) is 8. The van der Waals surface area contributed by atoms with Crippen molar-refractivity contribution in [3.63, 3.8) is 0 Å². The van der Waals surface area contributed by atoms with Crippen molar-refractivity contribution in [2.24, 2.45) is 0 Å². The van der Waals surface area contributed by atoms with E-state index < -0.39 is 10.4 Å². The van der Waals surface area contributed by atoms with Gasteiger partial charge in [0.1, 0.15) is 5.69 Å². The van der Waals surface area contributed by atoms with Gasteiger partial charge in [-0.2, -0.15) is 18.4 Å². The molecule has 0 aliphatic heterocycles. The molecule has 0 saturated heterocycles. The van der Waals surface area contributed by atoms with Crippen LogP contribution in [0, 0.1) is 0 Å². The van der Waals surface area contributed by atoms with Crippen molar-refractivity contribution < 1.29 is 17.5 Å². The maximum Gasteiger partial charge on any atom is 0.394 e. The van der Waals surface area contributed by atoms with Crippen LogP contribution in [0.5, 0.6) is 0 Å². The number of rotatable bonds is 3. The van der Waals surface area contributed by atoms with Gasteiger partial charge in [0.25, 0.3) is 0 Å². The molecule has 0 unspecified atom stereocenters. The Hall–Kier alpha value is -1.85. The van der Waals surface area contributed by atoms with E-state index in [2.05, 4.69) is 25.9 Å². The minimum Gasteiger partial charge on any atom is -0.393 e. The normalized spacial score (nSPS) is 10.1. The Kier molecular flexibility index (Phi) is 6.08. The van der Waals surface area contributed by atoms with Gasteiger partial charge in [0.05, 0.1) is 0 Å². The van der Waals surface area contributed by atoms with Crippen LogP contribution in [-0.4, -0.2) is 48.6 Å². The number of aromatic nitrogens is 2.